The lowest BCUT2D eigenvalue weighted by Gasteiger charge is -2.35. The lowest BCUT2D eigenvalue weighted by Crippen LogP contribution is -2.50. The number of nitrogens with two attached hydrogens (primary N) is 1. The molecule has 0 bridgehead atoms. The number of unbranched alkanes of at least 4 members (excludes halogenated alkanes) is 2. The van der Waals surface area contributed by atoms with Crippen molar-refractivity contribution >= 4 is 30.9 Å². The fraction of sp³-hybridized carbons (Fsp3) is 0.929. The molecule has 1 heterocycles. The topological polar surface area (TPSA) is 58.8 Å². The van der Waals surface area contributed by atoms with E-state index in [1.54, 1.807) is 0 Å². The van der Waals surface area contributed by atoms with E-state index in [1.807, 2.05) is 25.7 Å². The van der Waals surface area contributed by atoms with Crippen LogP contribution in [0.15, 0.2) is 0 Å². The molecule has 0 radical (unpaired) electrons. The summed E-state index contributed by atoms with van der Waals surface area (Å²) in [5.74, 6) is 0. The minimum Gasteiger partial charge on any atom is -0.444 e. The van der Waals surface area contributed by atoms with Crippen molar-refractivity contribution in [1.82, 2.24) is 9.80 Å². The van der Waals surface area contributed by atoms with E-state index in [0.717, 1.165) is 45.7 Å². The van der Waals surface area contributed by atoms with Gasteiger partial charge in [0.25, 0.3) is 0 Å². The predicted molar refractivity (Wildman–Crippen MR) is 91.6 cm³/mol. The van der Waals surface area contributed by atoms with Gasteiger partial charge in [0.2, 0.25) is 0 Å². The standard InChI is InChI=1S/C14H29N3O2.2ClH/c1-14(2,3)19-13(18)17-11-9-16(10-12-17)8-6-4-5-7-15;;/h4-12,15H2,1-3H3;2*1H. The van der Waals surface area contributed by atoms with Crippen LogP contribution in [0.3, 0.4) is 0 Å². The van der Waals surface area contributed by atoms with Crippen molar-refractivity contribution in [2.45, 2.75) is 45.6 Å². The van der Waals surface area contributed by atoms with Crippen molar-refractivity contribution < 1.29 is 9.53 Å². The summed E-state index contributed by atoms with van der Waals surface area (Å²) < 4.78 is 5.38. The molecule has 1 aliphatic rings. The Bertz CT molecular complexity index is 278. The zero-order chi connectivity index (χ0) is 14.3. The molecule has 5 nitrogen and oxygen atoms in total. The molecule has 1 saturated heterocycles. The lowest BCUT2D eigenvalue weighted by atomic mass is 10.2. The van der Waals surface area contributed by atoms with Crippen LogP contribution < -0.4 is 5.73 Å². The van der Waals surface area contributed by atoms with Gasteiger partial charge in [-0.05, 0) is 46.7 Å². The van der Waals surface area contributed by atoms with E-state index >= 15 is 0 Å². The Morgan fingerprint density at radius 1 is 1.05 bits per heavy atom. The summed E-state index contributed by atoms with van der Waals surface area (Å²) >= 11 is 0. The van der Waals surface area contributed by atoms with Gasteiger partial charge in [-0.25, -0.2) is 4.79 Å². The summed E-state index contributed by atoms with van der Waals surface area (Å²) in [6.07, 6.45) is 3.32. The second-order valence-electron chi connectivity index (χ2n) is 6.16. The average molecular weight is 344 g/mol. The summed E-state index contributed by atoms with van der Waals surface area (Å²) in [6.45, 7) is 11.0. The first kappa shape index (κ1) is 23.0. The molecular weight excluding hydrogens is 313 g/mol. The highest BCUT2D eigenvalue weighted by atomic mass is 35.5. The predicted octanol–water partition coefficient (Wildman–Crippen LogP) is 2.51. The van der Waals surface area contributed by atoms with Crippen LogP contribution in [0.1, 0.15) is 40.0 Å². The molecule has 1 fully saturated rings. The number of hydrogen-bond acceptors (Lipinski definition) is 4. The normalized spacial score (nSPS) is 15.9. The van der Waals surface area contributed by atoms with Crippen molar-refractivity contribution in [2.75, 3.05) is 39.3 Å². The molecule has 0 aromatic rings. The molecular formula is C14H31Cl2N3O2. The van der Waals surface area contributed by atoms with Crippen LogP contribution in [0.5, 0.6) is 0 Å². The van der Waals surface area contributed by atoms with E-state index in [9.17, 15) is 4.79 Å². The molecule has 0 aromatic heterocycles. The molecule has 0 atom stereocenters. The number of carbonyl (C=O) groups is 1. The quantitative estimate of drug-likeness (QED) is 0.779. The minimum absolute atomic E-state index is 0. The molecule has 0 saturated carbocycles. The van der Waals surface area contributed by atoms with Crippen molar-refractivity contribution in [3.8, 4) is 0 Å². The summed E-state index contributed by atoms with van der Waals surface area (Å²) in [7, 11) is 0. The van der Waals surface area contributed by atoms with Gasteiger partial charge < -0.3 is 15.4 Å². The van der Waals surface area contributed by atoms with Gasteiger partial charge in [0, 0.05) is 26.2 Å². The molecule has 21 heavy (non-hydrogen) atoms. The lowest BCUT2D eigenvalue weighted by molar-refractivity contribution is 0.0144. The molecule has 0 spiro atoms. The summed E-state index contributed by atoms with van der Waals surface area (Å²) in [4.78, 5) is 16.1. The van der Waals surface area contributed by atoms with E-state index in [0.29, 0.717) is 0 Å². The van der Waals surface area contributed by atoms with Crippen LogP contribution >= 0.6 is 24.8 Å². The molecule has 0 aliphatic carbocycles. The number of nitrogens with zero attached hydrogens (tertiary/aromatic N) is 2. The summed E-state index contributed by atoms with van der Waals surface area (Å²) in [5.41, 5.74) is 5.07. The monoisotopic (exact) mass is 343 g/mol. The number of rotatable bonds is 5. The fourth-order valence-corrected chi connectivity index (χ4v) is 2.14. The number of hydrogen-bond donors (Lipinski definition) is 1. The van der Waals surface area contributed by atoms with Gasteiger partial charge in [0.15, 0.2) is 0 Å². The minimum atomic E-state index is -0.406. The third-order valence-electron chi connectivity index (χ3n) is 3.20. The second-order valence-corrected chi connectivity index (χ2v) is 6.16. The zero-order valence-corrected chi connectivity index (χ0v) is 15.1. The van der Waals surface area contributed by atoms with E-state index in [-0.39, 0.29) is 30.9 Å². The fourth-order valence-electron chi connectivity index (χ4n) is 2.14. The number of carbonyl (C=O) groups excluding carboxylic acids is 1. The number of amides is 1. The number of piperazine rings is 1. The van der Waals surface area contributed by atoms with Gasteiger partial charge in [-0.2, -0.15) is 0 Å². The molecule has 7 heteroatoms. The van der Waals surface area contributed by atoms with Crippen LogP contribution in [0.2, 0.25) is 0 Å². The third-order valence-corrected chi connectivity index (χ3v) is 3.20. The van der Waals surface area contributed by atoms with Gasteiger partial charge in [0.05, 0.1) is 0 Å². The molecule has 1 aliphatic heterocycles. The van der Waals surface area contributed by atoms with Crippen molar-refractivity contribution in [3.63, 3.8) is 0 Å². The van der Waals surface area contributed by atoms with Crippen LogP contribution in [-0.4, -0.2) is 60.8 Å². The molecule has 128 valence electrons. The van der Waals surface area contributed by atoms with E-state index < -0.39 is 5.60 Å². The molecule has 0 unspecified atom stereocenters. The highest BCUT2D eigenvalue weighted by Gasteiger charge is 2.25. The molecule has 1 amide bonds. The summed E-state index contributed by atoms with van der Waals surface area (Å²) in [6, 6.07) is 0. The van der Waals surface area contributed by atoms with Crippen molar-refractivity contribution in [1.29, 1.82) is 0 Å². The van der Waals surface area contributed by atoms with E-state index in [2.05, 4.69) is 4.90 Å². The largest absolute Gasteiger partial charge is 0.444 e. The average Bonchev–Trinajstić information content (AvgIpc) is 2.33. The first-order valence-electron chi connectivity index (χ1n) is 7.33. The maximum Gasteiger partial charge on any atom is 0.410 e. The SMILES string of the molecule is CC(C)(C)OC(=O)N1CCN(CCCCCN)CC1.Cl.Cl. The van der Waals surface area contributed by atoms with Crippen LogP contribution in [0.4, 0.5) is 4.79 Å². The van der Waals surface area contributed by atoms with Crippen LogP contribution in [0.25, 0.3) is 0 Å². The highest BCUT2D eigenvalue weighted by Crippen LogP contribution is 2.12. The van der Waals surface area contributed by atoms with Gasteiger partial charge in [0.1, 0.15) is 5.60 Å². The smallest absolute Gasteiger partial charge is 0.410 e. The first-order chi connectivity index (χ1) is 8.92. The Morgan fingerprint density at radius 3 is 2.10 bits per heavy atom. The number of halogens is 2. The van der Waals surface area contributed by atoms with Gasteiger partial charge in [-0.1, -0.05) is 6.42 Å². The molecule has 2 N–H and O–H groups in total. The van der Waals surface area contributed by atoms with Crippen LogP contribution in [-0.2, 0) is 4.74 Å². The van der Waals surface area contributed by atoms with Crippen molar-refractivity contribution in [2.24, 2.45) is 5.73 Å². The molecule has 0 aromatic carbocycles. The van der Waals surface area contributed by atoms with Crippen LogP contribution in [0, 0.1) is 0 Å². The van der Waals surface area contributed by atoms with Gasteiger partial charge in [-0.3, -0.25) is 4.90 Å². The highest BCUT2D eigenvalue weighted by molar-refractivity contribution is 5.85. The zero-order valence-electron chi connectivity index (χ0n) is 13.5. The second kappa shape index (κ2) is 11.4. The Balaban J connectivity index is 0. The van der Waals surface area contributed by atoms with Gasteiger partial charge in [-0.15, -0.1) is 24.8 Å². The molecule has 1 rings (SSSR count). The Labute approximate surface area is 141 Å². The van der Waals surface area contributed by atoms with E-state index in [4.69, 9.17) is 10.5 Å². The summed E-state index contributed by atoms with van der Waals surface area (Å²) in [5, 5.41) is 0. The third kappa shape index (κ3) is 10.2. The first-order valence-corrected chi connectivity index (χ1v) is 7.33. The van der Waals surface area contributed by atoms with E-state index in [1.165, 1.54) is 12.8 Å². The van der Waals surface area contributed by atoms with Gasteiger partial charge >= 0.3 is 6.09 Å². The number of ether oxygens (including phenoxy) is 1. The maximum atomic E-state index is 11.9. The van der Waals surface area contributed by atoms with Crippen molar-refractivity contribution in [3.05, 3.63) is 0 Å². The Morgan fingerprint density at radius 2 is 1.62 bits per heavy atom. The Kier molecular flexibility index (Phi) is 12.5. The Hall–Kier alpha value is -0.230. The maximum absolute atomic E-state index is 11.9.